The van der Waals surface area contributed by atoms with Crippen LogP contribution in [0.2, 0.25) is 0 Å². The molecule has 0 saturated heterocycles. The van der Waals surface area contributed by atoms with Crippen LogP contribution in [-0.4, -0.2) is 0 Å². The predicted octanol–water partition coefficient (Wildman–Crippen LogP) is 13.9. The molecule has 0 aliphatic heterocycles. The van der Waals surface area contributed by atoms with E-state index in [1.165, 1.54) is 75.8 Å². The molecule has 0 bridgehead atoms. The maximum Gasteiger partial charge on any atom is 0.000775 e. The predicted molar refractivity (Wildman–Crippen MR) is 303 cm³/mol. The van der Waals surface area contributed by atoms with E-state index < -0.39 is 31.7 Å². The van der Waals surface area contributed by atoms with E-state index in [-0.39, 0.29) is 0 Å². The first kappa shape index (κ1) is 45.7. The van der Waals surface area contributed by atoms with Gasteiger partial charge in [-0.25, -0.2) is 0 Å². The van der Waals surface area contributed by atoms with Gasteiger partial charge >= 0.3 is 0 Å². The lowest BCUT2D eigenvalue weighted by atomic mass is 9.97. The van der Waals surface area contributed by atoms with Crippen molar-refractivity contribution in [1.82, 2.24) is 0 Å². The van der Waals surface area contributed by atoms with Crippen LogP contribution < -0.4 is 42.4 Å². The van der Waals surface area contributed by atoms with E-state index in [2.05, 4.69) is 279 Å². The highest BCUT2D eigenvalue weighted by Crippen LogP contribution is 2.45. The maximum absolute atomic E-state index is 2.55. The first-order valence-corrected chi connectivity index (χ1v) is 29.6. The highest BCUT2D eigenvalue weighted by molar-refractivity contribution is 7.73. The molecular formula is C64H54P4. The van der Waals surface area contributed by atoms with Crippen molar-refractivity contribution in [2.24, 2.45) is 0 Å². The fourth-order valence-corrected chi connectivity index (χ4v) is 18.2. The van der Waals surface area contributed by atoms with Gasteiger partial charge in [0, 0.05) is 24.6 Å². The number of benzene rings is 10. The number of hydrogen-bond acceptors (Lipinski definition) is 0. The number of hydrogen-bond donors (Lipinski definition) is 0. The topological polar surface area (TPSA) is 0 Å². The summed E-state index contributed by atoms with van der Waals surface area (Å²) in [6.07, 6.45) is 3.86. The van der Waals surface area contributed by atoms with Gasteiger partial charge in [0.05, 0.1) is 0 Å². The minimum absolute atomic E-state index is 0.657. The molecule has 0 fully saturated rings. The summed E-state index contributed by atoms with van der Waals surface area (Å²) in [6.45, 7) is 0. The molecule has 0 heterocycles. The quantitative estimate of drug-likeness (QED) is 0.0798. The van der Waals surface area contributed by atoms with E-state index in [0.717, 1.165) is 24.6 Å². The second-order valence-corrected chi connectivity index (χ2v) is 25.9. The van der Waals surface area contributed by atoms with E-state index in [4.69, 9.17) is 0 Å². The summed E-state index contributed by atoms with van der Waals surface area (Å²) in [4.78, 5) is 0. The van der Waals surface area contributed by atoms with E-state index in [9.17, 15) is 0 Å². The molecule has 0 aliphatic rings. The van der Waals surface area contributed by atoms with Crippen molar-refractivity contribution in [1.29, 1.82) is 0 Å². The second kappa shape index (κ2) is 22.8. The Bertz CT molecular complexity index is 2520. The van der Waals surface area contributed by atoms with Crippen molar-refractivity contribution in [3.8, 4) is 11.1 Å². The smallest absolute Gasteiger partial charge is 0.000775 e. The average Bonchev–Trinajstić information content (AvgIpc) is 3.42. The van der Waals surface area contributed by atoms with Gasteiger partial charge in [0.25, 0.3) is 0 Å². The zero-order valence-electron chi connectivity index (χ0n) is 38.2. The van der Waals surface area contributed by atoms with Crippen molar-refractivity contribution in [3.05, 3.63) is 301 Å². The van der Waals surface area contributed by atoms with Gasteiger partial charge in [-0.3, -0.25) is 0 Å². The Morgan fingerprint density at radius 2 is 0.324 bits per heavy atom. The van der Waals surface area contributed by atoms with E-state index in [1.807, 2.05) is 0 Å². The molecule has 4 heteroatoms. The summed E-state index contributed by atoms with van der Waals surface area (Å²) in [5.41, 5.74) is 8.19. The summed E-state index contributed by atoms with van der Waals surface area (Å²) < 4.78 is 0. The molecule has 0 aromatic heterocycles. The average molecular weight is 947 g/mol. The molecule has 0 N–H and O–H groups in total. The molecule has 0 unspecified atom stereocenters. The van der Waals surface area contributed by atoms with Crippen LogP contribution >= 0.6 is 31.7 Å². The van der Waals surface area contributed by atoms with Gasteiger partial charge in [0.2, 0.25) is 0 Å². The minimum atomic E-state index is -0.657. The molecule has 0 nitrogen and oxygen atoms in total. The fraction of sp³-hybridized carbons (Fsp3) is 0.0625. The zero-order valence-corrected chi connectivity index (χ0v) is 41.8. The van der Waals surface area contributed by atoms with Gasteiger partial charge in [-0.15, -0.1) is 0 Å². The van der Waals surface area contributed by atoms with Gasteiger partial charge in [-0.05, 0) is 108 Å². The van der Waals surface area contributed by atoms with E-state index in [1.54, 1.807) is 0 Å². The highest BCUT2D eigenvalue weighted by atomic mass is 31.1. The van der Waals surface area contributed by atoms with Crippen LogP contribution in [-0.2, 0) is 24.6 Å². The van der Waals surface area contributed by atoms with Crippen molar-refractivity contribution >= 4 is 74.1 Å². The molecule has 330 valence electrons. The van der Waals surface area contributed by atoms with E-state index >= 15 is 0 Å². The van der Waals surface area contributed by atoms with Crippen LogP contribution in [0.1, 0.15) is 22.3 Å². The molecule has 0 spiro atoms. The summed E-state index contributed by atoms with van der Waals surface area (Å²) in [7, 11) is -2.63. The molecule has 0 atom stereocenters. The molecule has 10 aromatic carbocycles. The molecule has 0 saturated carbocycles. The van der Waals surface area contributed by atoms with Gasteiger partial charge in [-0.1, -0.05) is 279 Å². The van der Waals surface area contributed by atoms with Crippen molar-refractivity contribution in [2.45, 2.75) is 24.6 Å². The normalized spacial score (nSPS) is 11.4. The van der Waals surface area contributed by atoms with Crippen LogP contribution in [0, 0.1) is 0 Å². The first-order valence-electron chi connectivity index (χ1n) is 23.5. The van der Waals surface area contributed by atoms with Crippen molar-refractivity contribution in [3.63, 3.8) is 0 Å². The SMILES string of the molecule is c1ccc(P(Cc2cc(CP(c3ccccc3)c3ccccc3)cc(-c3cc(CP(c4ccccc4)c4ccccc4)cc(CP(c4ccccc4)c4ccccc4)c3)c2)c2ccccc2)cc1. The van der Waals surface area contributed by atoms with Crippen LogP contribution in [0.25, 0.3) is 11.1 Å². The van der Waals surface area contributed by atoms with Crippen LogP contribution in [0.4, 0.5) is 0 Å². The number of rotatable bonds is 17. The van der Waals surface area contributed by atoms with Gasteiger partial charge in [0.1, 0.15) is 0 Å². The molecule has 10 rings (SSSR count). The lowest BCUT2D eigenvalue weighted by Crippen LogP contribution is -2.14. The summed E-state index contributed by atoms with van der Waals surface area (Å²) in [5.74, 6) is 0. The van der Waals surface area contributed by atoms with Crippen LogP contribution in [0.3, 0.4) is 0 Å². The molecular weight excluding hydrogens is 893 g/mol. The largest absolute Gasteiger partial charge is 0.0622 e. The highest BCUT2D eigenvalue weighted by Gasteiger charge is 2.22. The Morgan fingerprint density at radius 1 is 0.176 bits per heavy atom. The minimum Gasteiger partial charge on any atom is -0.0622 e. The Balaban J connectivity index is 1.14. The van der Waals surface area contributed by atoms with Gasteiger partial charge < -0.3 is 0 Å². The first-order chi connectivity index (χ1) is 33.7. The molecule has 68 heavy (non-hydrogen) atoms. The summed E-state index contributed by atoms with van der Waals surface area (Å²) in [6, 6.07) is 105. The third-order valence-electron chi connectivity index (χ3n) is 12.3. The molecule has 10 aromatic rings. The monoisotopic (exact) mass is 946 g/mol. The maximum atomic E-state index is 2.55. The van der Waals surface area contributed by atoms with Gasteiger partial charge in [0.15, 0.2) is 0 Å². The van der Waals surface area contributed by atoms with Gasteiger partial charge in [-0.2, -0.15) is 0 Å². The fourth-order valence-electron chi connectivity index (χ4n) is 9.14. The Labute approximate surface area is 408 Å². The van der Waals surface area contributed by atoms with Crippen molar-refractivity contribution < 1.29 is 0 Å². The Hall–Kier alpha value is -6.08. The van der Waals surface area contributed by atoms with Crippen LogP contribution in [0.5, 0.6) is 0 Å². The summed E-state index contributed by atoms with van der Waals surface area (Å²) in [5, 5.41) is 11.3. The second-order valence-electron chi connectivity index (χ2n) is 17.1. The zero-order chi connectivity index (χ0) is 45.7. The third kappa shape index (κ3) is 11.6. The lowest BCUT2D eigenvalue weighted by molar-refractivity contribution is 1.29. The summed E-state index contributed by atoms with van der Waals surface area (Å²) >= 11 is 0. The Kier molecular flexibility index (Phi) is 15.3. The molecule has 0 radical (unpaired) electrons. The molecule has 0 amide bonds. The van der Waals surface area contributed by atoms with Crippen molar-refractivity contribution in [2.75, 3.05) is 0 Å². The standard InChI is InChI=1S/C64H54P4/c1-9-25-57(26-10-1)65(58-27-11-2-12-28-58)47-51-41-52(48-66(59-29-13-3-14-30-59)60-31-15-4-16-32-60)44-55(43-51)56-45-53(49-67(61-33-17-5-18-34-61)62-35-19-6-20-36-62)42-54(46-56)50-68(63-37-21-7-22-38-63)64-39-23-8-24-40-64/h1-46H,47-50H2. The van der Waals surface area contributed by atoms with E-state index in [0.29, 0.717) is 0 Å². The Morgan fingerprint density at radius 3 is 0.471 bits per heavy atom. The third-order valence-corrected chi connectivity index (χ3v) is 22.4. The van der Waals surface area contributed by atoms with Crippen LogP contribution in [0.15, 0.2) is 279 Å². The molecule has 0 aliphatic carbocycles. The lowest BCUT2D eigenvalue weighted by Gasteiger charge is -2.24.